The number of aryl methyl sites for hydroxylation is 1. The number of rotatable bonds is 7. The van der Waals surface area contributed by atoms with Gasteiger partial charge in [-0.05, 0) is 55.8 Å². The highest BCUT2D eigenvalue weighted by atomic mass is 16.1. The van der Waals surface area contributed by atoms with Crippen molar-refractivity contribution in [3.8, 4) is 0 Å². The summed E-state index contributed by atoms with van der Waals surface area (Å²) in [6, 6.07) is 14.3. The fraction of sp³-hybridized carbons (Fsp3) is 0.429. The molecule has 1 fully saturated rings. The maximum Gasteiger partial charge on any atom is 0.252 e. The van der Waals surface area contributed by atoms with E-state index in [1.807, 2.05) is 0 Å². The van der Waals surface area contributed by atoms with Crippen LogP contribution in [0.3, 0.4) is 0 Å². The molecule has 0 aliphatic carbocycles. The zero-order valence-corrected chi connectivity index (χ0v) is 14.7. The molecule has 1 amide bonds. The van der Waals surface area contributed by atoms with E-state index in [4.69, 9.17) is 0 Å². The highest BCUT2D eigenvalue weighted by Crippen LogP contribution is 2.21. The second-order valence-electron chi connectivity index (χ2n) is 6.83. The molecule has 0 spiro atoms. The third kappa shape index (κ3) is 5.68. The number of nitrogens with zero attached hydrogens (tertiary/aromatic N) is 2. The second-order valence-corrected chi connectivity index (χ2v) is 6.83. The molecule has 25 heavy (non-hydrogen) atoms. The van der Waals surface area contributed by atoms with Crippen molar-refractivity contribution in [3.63, 3.8) is 0 Å². The zero-order chi connectivity index (χ0) is 17.3. The smallest absolute Gasteiger partial charge is 0.252 e. The minimum absolute atomic E-state index is 0.0364. The van der Waals surface area contributed by atoms with Gasteiger partial charge in [-0.15, -0.1) is 0 Å². The van der Waals surface area contributed by atoms with Gasteiger partial charge in [-0.25, -0.2) is 0 Å². The molecular weight excluding hydrogens is 310 g/mol. The van der Waals surface area contributed by atoms with E-state index >= 15 is 0 Å². The third-order valence-electron chi connectivity index (χ3n) is 4.92. The third-order valence-corrected chi connectivity index (χ3v) is 4.92. The van der Waals surface area contributed by atoms with Gasteiger partial charge in [0.25, 0.3) is 5.91 Å². The molecule has 0 saturated carbocycles. The van der Waals surface area contributed by atoms with Gasteiger partial charge in [-0.3, -0.25) is 9.78 Å². The molecule has 132 valence electrons. The minimum Gasteiger partial charge on any atom is -0.351 e. The predicted octanol–water partition coefficient (Wildman–Crippen LogP) is 3.16. The van der Waals surface area contributed by atoms with Crippen LogP contribution in [0.5, 0.6) is 0 Å². The standard InChI is InChI=1S/C21H27N3O/c25-21(20-9-4-12-22-16-20)23-13-15-24-14-5-8-19(17-24)11-10-18-6-2-1-3-7-18/h1-4,6-7,9,12,16,19H,5,8,10-11,13-15,17H2,(H,23,25). The number of pyridine rings is 1. The largest absolute Gasteiger partial charge is 0.351 e. The summed E-state index contributed by atoms with van der Waals surface area (Å²) in [6.45, 7) is 3.91. The molecule has 2 heterocycles. The van der Waals surface area contributed by atoms with Crippen molar-refractivity contribution in [2.45, 2.75) is 25.7 Å². The topological polar surface area (TPSA) is 45.2 Å². The van der Waals surface area contributed by atoms with Gasteiger partial charge in [0.1, 0.15) is 0 Å². The molecule has 1 aliphatic heterocycles. The Morgan fingerprint density at radius 1 is 1.20 bits per heavy atom. The maximum absolute atomic E-state index is 12.0. The molecule has 1 aromatic carbocycles. The van der Waals surface area contributed by atoms with Gasteiger partial charge in [-0.1, -0.05) is 30.3 Å². The normalized spacial score (nSPS) is 18.0. The number of nitrogens with one attached hydrogen (secondary N) is 1. The van der Waals surface area contributed by atoms with Crippen LogP contribution in [-0.4, -0.2) is 42.0 Å². The number of aromatic nitrogens is 1. The van der Waals surface area contributed by atoms with Crippen molar-refractivity contribution in [2.75, 3.05) is 26.2 Å². The highest BCUT2D eigenvalue weighted by molar-refractivity contribution is 5.93. The molecule has 3 rings (SSSR count). The summed E-state index contributed by atoms with van der Waals surface area (Å²) in [7, 11) is 0. The van der Waals surface area contributed by atoms with Crippen molar-refractivity contribution in [1.82, 2.24) is 15.2 Å². The van der Waals surface area contributed by atoms with Crippen LogP contribution in [0.1, 0.15) is 35.2 Å². The fourth-order valence-electron chi connectivity index (χ4n) is 3.53. The van der Waals surface area contributed by atoms with Crippen LogP contribution in [0, 0.1) is 5.92 Å². The van der Waals surface area contributed by atoms with Gasteiger partial charge in [0, 0.05) is 32.0 Å². The van der Waals surface area contributed by atoms with Crippen molar-refractivity contribution >= 4 is 5.91 Å². The molecular formula is C21H27N3O. The quantitative estimate of drug-likeness (QED) is 0.844. The van der Waals surface area contributed by atoms with Crippen LogP contribution in [0.2, 0.25) is 0 Å². The number of hydrogen-bond acceptors (Lipinski definition) is 3. The zero-order valence-electron chi connectivity index (χ0n) is 14.7. The number of amides is 1. The average molecular weight is 337 g/mol. The van der Waals surface area contributed by atoms with Gasteiger partial charge >= 0.3 is 0 Å². The van der Waals surface area contributed by atoms with Crippen LogP contribution < -0.4 is 5.32 Å². The number of carbonyl (C=O) groups is 1. The molecule has 1 aliphatic rings. The van der Waals surface area contributed by atoms with Gasteiger partial charge in [-0.2, -0.15) is 0 Å². The number of likely N-dealkylation sites (tertiary alicyclic amines) is 1. The van der Waals surface area contributed by atoms with Crippen LogP contribution in [0.4, 0.5) is 0 Å². The fourth-order valence-corrected chi connectivity index (χ4v) is 3.53. The first-order valence-electron chi connectivity index (χ1n) is 9.26. The Morgan fingerprint density at radius 3 is 2.88 bits per heavy atom. The molecule has 1 saturated heterocycles. The van der Waals surface area contributed by atoms with Crippen LogP contribution in [-0.2, 0) is 6.42 Å². The van der Waals surface area contributed by atoms with Gasteiger partial charge < -0.3 is 10.2 Å². The monoisotopic (exact) mass is 337 g/mol. The summed E-state index contributed by atoms with van der Waals surface area (Å²) >= 11 is 0. The van der Waals surface area contributed by atoms with Crippen molar-refractivity contribution < 1.29 is 4.79 Å². The summed E-state index contributed by atoms with van der Waals surface area (Å²) in [5.41, 5.74) is 2.06. The number of hydrogen-bond donors (Lipinski definition) is 1. The van der Waals surface area contributed by atoms with E-state index in [0.29, 0.717) is 12.1 Å². The van der Waals surface area contributed by atoms with Gasteiger partial charge in [0.2, 0.25) is 0 Å². The number of piperidine rings is 1. The summed E-state index contributed by atoms with van der Waals surface area (Å²) in [4.78, 5) is 18.5. The molecule has 4 heteroatoms. The van der Waals surface area contributed by atoms with E-state index < -0.39 is 0 Å². The van der Waals surface area contributed by atoms with E-state index in [-0.39, 0.29) is 5.91 Å². The number of carbonyl (C=O) groups excluding carboxylic acids is 1. The molecule has 1 N–H and O–H groups in total. The van der Waals surface area contributed by atoms with Crippen LogP contribution >= 0.6 is 0 Å². The first kappa shape index (κ1) is 17.6. The first-order valence-corrected chi connectivity index (χ1v) is 9.26. The van der Waals surface area contributed by atoms with Crippen LogP contribution in [0.25, 0.3) is 0 Å². The lowest BCUT2D eigenvalue weighted by molar-refractivity contribution is 0.0942. The maximum atomic E-state index is 12.0. The molecule has 1 atom stereocenters. The number of benzene rings is 1. The molecule has 0 bridgehead atoms. The highest BCUT2D eigenvalue weighted by Gasteiger charge is 2.19. The summed E-state index contributed by atoms with van der Waals surface area (Å²) in [6.07, 6.45) is 8.29. The first-order chi connectivity index (χ1) is 12.3. The lowest BCUT2D eigenvalue weighted by Gasteiger charge is -2.32. The minimum atomic E-state index is -0.0364. The molecule has 0 radical (unpaired) electrons. The van der Waals surface area contributed by atoms with Crippen LogP contribution in [0.15, 0.2) is 54.9 Å². The summed E-state index contributed by atoms with van der Waals surface area (Å²) < 4.78 is 0. The van der Waals surface area contributed by atoms with E-state index in [1.165, 1.54) is 24.8 Å². The lowest BCUT2D eigenvalue weighted by atomic mass is 9.91. The molecule has 1 unspecified atom stereocenters. The lowest BCUT2D eigenvalue weighted by Crippen LogP contribution is -2.40. The Kier molecular flexibility index (Phi) is 6.57. The molecule has 1 aromatic heterocycles. The Balaban J connectivity index is 1.37. The second kappa shape index (κ2) is 9.33. The van der Waals surface area contributed by atoms with E-state index in [2.05, 4.69) is 45.5 Å². The summed E-state index contributed by atoms with van der Waals surface area (Å²) in [5.74, 6) is 0.730. The van der Waals surface area contributed by atoms with Crippen molar-refractivity contribution in [2.24, 2.45) is 5.92 Å². The Hall–Kier alpha value is -2.20. The van der Waals surface area contributed by atoms with E-state index in [1.54, 1.807) is 24.5 Å². The molecule has 4 nitrogen and oxygen atoms in total. The Bertz CT molecular complexity index is 645. The summed E-state index contributed by atoms with van der Waals surface area (Å²) in [5, 5.41) is 3.00. The van der Waals surface area contributed by atoms with E-state index in [9.17, 15) is 4.79 Å². The van der Waals surface area contributed by atoms with Gasteiger partial charge in [0.15, 0.2) is 0 Å². The predicted molar refractivity (Wildman–Crippen MR) is 100 cm³/mol. The van der Waals surface area contributed by atoms with E-state index in [0.717, 1.165) is 32.0 Å². The van der Waals surface area contributed by atoms with Gasteiger partial charge in [0.05, 0.1) is 5.56 Å². The Morgan fingerprint density at radius 2 is 2.08 bits per heavy atom. The van der Waals surface area contributed by atoms with Crippen molar-refractivity contribution in [3.05, 3.63) is 66.0 Å². The average Bonchev–Trinajstić information content (AvgIpc) is 2.68. The molecule has 2 aromatic rings. The van der Waals surface area contributed by atoms with Crippen molar-refractivity contribution in [1.29, 1.82) is 0 Å². The Labute approximate surface area is 150 Å². The SMILES string of the molecule is O=C(NCCN1CCCC(CCc2ccccc2)C1)c1cccnc1.